The van der Waals surface area contributed by atoms with Crippen molar-refractivity contribution in [2.45, 2.75) is 0 Å². The maximum absolute atomic E-state index is 10.2. The average molecular weight is 380 g/mol. The van der Waals surface area contributed by atoms with E-state index in [2.05, 4.69) is 43.5 Å². The van der Waals surface area contributed by atoms with Gasteiger partial charge in [-0.3, -0.25) is 0 Å². The summed E-state index contributed by atoms with van der Waals surface area (Å²) in [5.41, 5.74) is 2.52. The molecule has 0 aromatic heterocycles. The Morgan fingerprint density at radius 2 is 1.28 bits per heavy atom. The SMILES string of the molecule is C=C(O)/C(O)=C(\C(=C)O)c1cccc(-c2cc3ccccc3c3ccccc23)c1. The van der Waals surface area contributed by atoms with Crippen molar-refractivity contribution in [1.29, 1.82) is 0 Å². The van der Waals surface area contributed by atoms with E-state index in [0.29, 0.717) is 5.56 Å². The maximum atomic E-state index is 10.2. The fourth-order valence-corrected chi connectivity index (χ4v) is 3.72. The lowest BCUT2D eigenvalue weighted by Gasteiger charge is -2.14. The Hall–Kier alpha value is -3.98. The van der Waals surface area contributed by atoms with Crippen LogP contribution >= 0.6 is 0 Å². The fourth-order valence-electron chi connectivity index (χ4n) is 3.72. The summed E-state index contributed by atoms with van der Waals surface area (Å²) in [5.74, 6) is -1.38. The highest BCUT2D eigenvalue weighted by atomic mass is 16.3. The summed E-state index contributed by atoms with van der Waals surface area (Å²) in [4.78, 5) is 0. The third kappa shape index (κ3) is 3.23. The molecule has 0 fully saturated rings. The highest BCUT2D eigenvalue weighted by Gasteiger charge is 2.16. The Labute approximate surface area is 168 Å². The second kappa shape index (κ2) is 7.21. The van der Waals surface area contributed by atoms with E-state index in [9.17, 15) is 15.3 Å². The average Bonchev–Trinajstić information content (AvgIpc) is 2.73. The van der Waals surface area contributed by atoms with Crippen LogP contribution in [0.15, 0.2) is 109 Å². The quantitative estimate of drug-likeness (QED) is 0.201. The Morgan fingerprint density at radius 3 is 1.97 bits per heavy atom. The zero-order valence-corrected chi connectivity index (χ0v) is 15.8. The molecule has 0 aliphatic rings. The van der Waals surface area contributed by atoms with Crippen LogP contribution in [0.5, 0.6) is 0 Å². The van der Waals surface area contributed by atoms with Gasteiger partial charge in [-0.2, -0.15) is 0 Å². The minimum Gasteiger partial charge on any atom is -0.508 e. The largest absolute Gasteiger partial charge is 0.508 e. The number of allylic oxidation sites excluding steroid dienone is 1. The molecule has 29 heavy (non-hydrogen) atoms. The predicted octanol–water partition coefficient (Wildman–Crippen LogP) is 7.07. The van der Waals surface area contributed by atoms with Crippen molar-refractivity contribution in [3.8, 4) is 11.1 Å². The molecule has 0 amide bonds. The van der Waals surface area contributed by atoms with E-state index < -0.39 is 11.5 Å². The molecule has 4 aromatic carbocycles. The number of aliphatic hydroxyl groups is 3. The van der Waals surface area contributed by atoms with Gasteiger partial charge in [-0.25, -0.2) is 0 Å². The van der Waals surface area contributed by atoms with E-state index in [1.54, 1.807) is 6.07 Å². The molecule has 4 rings (SSSR count). The van der Waals surface area contributed by atoms with Gasteiger partial charge < -0.3 is 15.3 Å². The van der Waals surface area contributed by atoms with Gasteiger partial charge in [0.2, 0.25) is 0 Å². The first-order chi connectivity index (χ1) is 14.0. The lowest BCUT2D eigenvalue weighted by atomic mass is 9.91. The minimum absolute atomic E-state index is 0.0458. The van der Waals surface area contributed by atoms with Gasteiger partial charge in [-0.05, 0) is 50.4 Å². The van der Waals surface area contributed by atoms with Crippen molar-refractivity contribution in [2.75, 3.05) is 0 Å². The number of aliphatic hydroxyl groups excluding tert-OH is 3. The van der Waals surface area contributed by atoms with E-state index in [0.717, 1.165) is 27.3 Å². The third-order valence-corrected chi connectivity index (χ3v) is 5.03. The Kier molecular flexibility index (Phi) is 4.57. The number of fused-ring (bicyclic) bond motifs is 3. The van der Waals surface area contributed by atoms with Gasteiger partial charge in [-0.1, -0.05) is 79.9 Å². The topological polar surface area (TPSA) is 60.7 Å². The Morgan fingerprint density at radius 1 is 0.621 bits per heavy atom. The van der Waals surface area contributed by atoms with Gasteiger partial charge in [0.05, 0.1) is 5.57 Å². The second-order valence-electron chi connectivity index (χ2n) is 6.89. The second-order valence-corrected chi connectivity index (χ2v) is 6.89. The molecule has 0 aliphatic heterocycles. The van der Waals surface area contributed by atoms with Crippen LogP contribution in [0.1, 0.15) is 5.56 Å². The molecule has 0 saturated carbocycles. The molecule has 142 valence electrons. The first-order valence-electron chi connectivity index (χ1n) is 9.18. The lowest BCUT2D eigenvalue weighted by Crippen LogP contribution is -1.97. The van der Waals surface area contributed by atoms with Crippen molar-refractivity contribution < 1.29 is 15.3 Å². The molecule has 0 unspecified atom stereocenters. The van der Waals surface area contributed by atoms with Crippen LogP contribution in [0.2, 0.25) is 0 Å². The molecule has 0 aliphatic carbocycles. The predicted molar refractivity (Wildman–Crippen MR) is 120 cm³/mol. The van der Waals surface area contributed by atoms with Crippen LogP contribution in [0.25, 0.3) is 38.2 Å². The van der Waals surface area contributed by atoms with Crippen molar-refractivity contribution in [2.24, 2.45) is 0 Å². The first kappa shape index (κ1) is 18.4. The van der Waals surface area contributed by atoms with Crippen LogP contribution in [0.3, 0.4) is 0 Å². The van der Waals surface area contributed by atoms with Crippen molar-refractivity contribution in [1.82, 2.24) is 0 Å². The molecule has 4 aromatic rings. The van der Waals surface area contributed by atoms with Gasteiger partial charge in [0.15, 0.2) is 11.5 Å². The highest BCUT2D eigenvalue weighted by Crippen LogP contribution is 2.36. The summed E-state index contributed by atoms with van der Waals surface area (Å²) < 4.78 is 0. The minimum atomic E-state index is -0.531. The summed E-state index contributed by atoms with van der Waals surface area (Å²) in [6.45, 7) is 6.85. The molecule has 0 radical (unpaired) electrons. The van der Waals surface area contributed by atoms with E-state index >= 15 is 0 Å². The monoisotopic (exact) mass is 380 g/mol. The van der Waals surface area contributed by atoms with E-state index in [-0.39, 0.29) is 11.3 Å². The van der Waals surface area contributed by atoms with E-state index in [1.165, 1.54) is 5.39 Å². The van der Waals surface area contributed by atoms with Crippen LogP contribution in [0, 0.1) is 0 Å². The molecular weight excluding hydrogens is 360 g/mol. The molecule has 3 N–H and O–H groups in total. The summed E-state index contributed by atoms with van der Waals surface area (Å²) >= 11 is 0. The number of rotatable bonds is 4. The van der Waals surface area contributed by atoms with Gasteiger partial charge >= 0.3 is 0 Å². The highest BCUT2D eigenvalue weighted by molar-refractivity contribution is 6.13. The van der Waals surface area contributed by atoms with Gasteiger partial charge in [0.1, 0.15) is 5.76 Å². The zero-order chi connectivity index (χ0) is 20.5. The van der Waals surface area contributed by atoms with E-state index in [1.807, 2.05) is 42.5 Å². The summed E-state index contributed by atoms with van der Waals surface area (Å²) in [7, 11) is 0. The fraction of sp³-hybridized carbons (Fsp3) is 0. The number of hydrogen-bond acceptors (Lipinski definition) is 3. The molecular formula is C26H20O3. The zero-order valence-electron chi connectivity index (χ0n) is 15.8. The maximum Gasteiger partial charge on any atom is 0.168 e. The molecule has 3 nitrogen and oxygen atoms in total. The van der Waals surface area contributed by atoms with Gasteiger partial charge in [0, 0.05) is 0 Å². The van der Waals surface area contributed by atoms with Crippen LogP contribution in [-0.4, -0.2) is 15.3 Å². The van der Waals surface area contributed by atoms with Gasteiger partial charge in [0.25, 0.3) is 0 Å². The molecule has 0 saturated heterocycles. The molecule has 3 heteroatoms. The van der Waals surface area contributed by atoms with Gasteiger partial charge in [-0.15, -0.1) is 0 Å². The number of benzene rings is 4. The van der Waals surface area contributed by atoms with Crippen molar-refractivity contribution >= 4 is 27.1 Å². The van der Waals surface area contributed by atoms with Crippen molar-refractivity contribution in [3.63, 3.8) is 0 Å². The lowest BCUT2D eigenvalue weighted by molar-refractivity contribution is 0.327. The van der Waals surface area contributed by atoms with E-state index in [4.69, 9.17) is 0 Å². The molecule has 0 atom stereocenters. The van der Waals surface area contributed by atoms with Crippen LogP contribution < -0.4 is 0 Å². The third-order valence-electron chi connectivity index (χ3n) is 5.03. The van der Waals surface area contributed by atoms with Crippen molar-refractivity contribution in [3.05, 3.63) is 115 Å². The first-order valence-corrected chi connectivity index (χ1v) is 9.18. The number of hydrogen-bond donors (Lipinski definition) is 3. The summed E-state index contributed by atoms with van der Waals surface area (Å²) in [6, 6.07) is 26.0. The Bertz CT molecular complexity index is 1310. The Balaban J connectivity index is 2.00. The standard InChI is InChI=1S/C26H20O3/c1-16(27)25(26(29)17(2)28)20-10-7-9-18(14-20)24-15-19-8-3-4-11-21(19)22-12-5-6-13-23(22)24/h3-15,27-29H,1-2H2/b26-25-. The van der Waals surface area contributed by atoms with Crippen LogP contribution in [-0.2, 0) is 0 Å². The molecule has 0 heterocycles. The molecule has 0 spiro atoms. The summed E-state index contributed by atoms with van der Waals surface area (Å²) in [6.07, 6.45) is 0. The summed E-state index contributed by atoms with van der Waals surface area (Å²) in [5, 5.41) is 34.3. The molecule has 0 bridgehead atoms. The van der Waals surface area contributed by atoms with Crippen LogP contribution in [0.4, 0.5) is 0 Å². The normalized spacial score (nSPS) is 12.0. The smallest absolute Gasteiger partial charge is 0.168 e.